The predicted molar refractivity (Wildman–Crippen MR) is 81.2 cm³/mol. The highest BCUT2D eigenvalue weighted by molar-refractivity contribution is 6.01. The zero-order chi connectivity index (χ0) is 12.8. The molecule has 0 spiro atoms. The Bertz CT molecular complexity index is 920. The van der Waals surface area contributed by atoms with Gasteiger partial charge in [-0.2, -0.15) is 0 Å². The molecule has 90 valence electrons. The van der Waals surface area contributed by atoms with E-state index in [-0.39, 0.29) is 0 Å². The van der Waals surface area contributed by atoms with Gasteiger partial charge in [0.15, 0.2) is 0 Å². The molecule has 0 aromatic heterocycles. The van der Waals surface area contributed by atoms with E-state index >= 15 is 0 Å². The molecule has 0 aliphatic heterocycles. The maximum atomic E-state index is 6.18. The Balaban J connectivity index is 2.32. The molecule has 0 saturated heterocycles. The van der Waals surface area contributed by atoms with Crippen molar-refractivity contribution in [3.05, 3.63) is 76.2 Å². The molecule has 3 aromatic rings. The van der Waals surface area contributed by atoms with Gasteiger partial charge in [-0.1, -0.05) is 48.5 Å². The average molecular weight is 243 g/mol. The lowest BCUT2D eigenvalue weighted by Gasteiger charge is -2.08. The summed E-state index contributed by atoms with van der Waals surface area (Å²) < 4.78 is 0. The minimum absolute atomic E-state index is 0.838. The number of nitrogens with two attached hydrogens (primary N) is 1. The summed E-state index contributed by atoms with van der Waals surface area (Å²) >= 11 is 0. The van der Waals surface area contributed by atoms with Gasteiger partial charge in [0.1, 0.15) is 0 Å². The summed E-state index contributed by atoms with van der Waals surface area (Å²) in [5.41, 5.74) is 9.39. The Kier molecular flexibility index (Phi) is 2.04. The fourth-order valence-corrected chi connectivity index (χ4v) is 2.82. The molecule has 0 bridgehead atoms. The third-order valence-corrected chi connectivity index (χ3v) is 3.76. The number of hydrogen-bond acceptors (Lipinski definition) is 1. The van der Waals surface area contributed by atoms with E-state index < -0.39 is 0 Å². The van der Waals surface area contributed by atoms with Crippen LogP contribution in [0.5, 0.6) is 0 Å². The van der Waals surface area contributed by atoms with E-state index in [0.717, 1.165) is 11.3 Å². The molecule has 0 radical (unpaired) electrons. The summed E-state index contributed by atoms with van der Waals surface area (Å²) in [6.07, 6.45) is 4.43. The molecule has 19 heavy (non-hydrogen) atoms. The molecule has 1 aliphatic rings. The summed E-state index contributed by atoms with van der Waals surface area (Å²) in [6, 6.07) is 18.9. The van der Waals surface area contributed by atoms with Crippen LogP contribution in [0.15, 0.2) is 54.6 Å². The fourth-order valence-electron chi connectivity index (χ4n) is 2.82. The summed E-state index contributed by atoms with van der Waals surface area (Å²) in [4.78, 5) is 0. The lowest BCUT2D eigenvalue weighted by atomic mass is 9.98. The van der Waals surface area contributed by atoms with Gasteiger partial charge >= 0.3 is 0 Å². The normalized spacial score (nSPS) is 12.2. The first-order valence-electron chi connectivity index (χ1n) is 6.43. The third-order valence-electron chi connectivity index (χ3n) is 3.76. The largest absolute Gasteiger partial charge is 0.398 e. The highest BCUT2D eigenvalue weighted by Crippen LogP contribution is 2.29. The van der Waals surface area contributed by atoms with Crippen LogP contribution < -0.4 is 16.2 Å². The Labute approximate surface area is 111 Å². The standard InChI is InChI=1S/C18H13N/c19-17-9-8-12-6-3-7-15-10-13-4-1-2-5-14(13)11-16(17)18(12)15/h1-11H,19H2. The Morgan fingerprint density at radius 2 is 1.47 bits per heavy atom. The number of rotatable bonds is 0. The van der Waals surface area contributed by atoms with E-state index in [1.807, 2.05) is 6.07 Å². The third kappa shape index (κ3) is 1.48. The van der Waals surface area contributed by atoms with Crippen LogP contribution in [0, 0.1) is 0 Å². The van der Waals surface area contributed by atoms with Crippen LogP contribution in [0.2, 0.25) is 0 Å². The van der Waals surface area contributed by atoms with E-state index in [1.165, 1.54) is 26.8 Å². The van der Waals surface area contributed by atoms with Crippen LogP contribution >= 0.6 is 0 Å². The molecular weight excluding hydrogens is 230 g/mol. The number of anilines is 1. The maximum Gasteiger partial charge on any atom is 0.0394 e. The lowest BCUT2D eigenvalue weighted by molar-refractivity contribution is 1.52. The molecule has 0 amide bonds. The molecule has 0 fully saturated rings. The van der Waals surface area contributed by atoms with Gasteiger partial charge in [0.25, 0.3) is 0 Å². The Morgan fingerprint density at radius 1 is 0.684 bits per heavy atom. The molecule has 0 heterocycles. The second-order valence-electron chi connectivity index (χ2n) is 4.93. The van der Waals surface area contributed by atoms with Crippen molar-refractivity contribution in [1.29, 1.82) is 0 Å². The second-order valence-corrected chi connectivity index (χ2v) is 4.93. The van der Waals surface area contributed by atoms with Crippen molar-refractivity contribution < 1.29 is 0 Å². The smallest absolute Gasteiger partial charge is 0.0394 e. The number of fused-ring (bicyclic) bond motifs is 1. The van der Waals surface area contributed by atoms with Crippen molar-refractivity contribution in [2.24, 2.45) is 0 Å². The summed E-state index contributed by atoms with van der Waals surface area (Å²) in [6.45, 7) is 0. The van der Waals surface area contributed by atoms with Gasteiger partial charge in [0, 0.05) is 11.3 Å². The van der Waals surface area contributed by atoms with E-state index in [0.29, 0.717) is 0 Å². The van der Waals surface area contributed by atoms with Crippen molar-refractivity contribution in [3.8, 4) is 0 Å². The highest BCUT2D eigenvalue weighted by Gasteiger charge is 2.08. The number of benzene rings is 3. The van der Waals surface area contributed by atoms with Crippen molar-refractivity contribution in [2.75, 3.05) is 5.73 Å². The van der Waals surface area contributed by atoms with Gasteiger partial charge < -0.3 is 5.73 Å². The van der Waals surface area contributed by atoms with Crippen molar-refractivity contribution in [1.82, 2.24) is 0 Å². The van der Waals surface area contributed by atoms with Crippen molar-refractivity contribution in [3.63, 3.8) is 0 Å². The van der Waals surface area contributed by atoms with Gasteiger partial charge in [-0.05, 0) is 45.0 Å². The zero-order valence-electron chi connectivity index (χ0n) is 10.4. The molecule has 0 atom stereocenters. The minimum atomic E-state index is 0.838. The topological polar surface area (TPSA) is 26.0 Å². The molecule has 2 N–H and O–H groups in total. The molecule has 1 heteroatoms. The fraction of sp³-hybridized carbons (Fsp3) is 0. The first kappa shape index (κ1) is 10.4. The van der Waals surface area contributed by atoms with Crippen molar-refractivity contribution in [2.45, 2.75) is 0 Å². The monoisotopic (exact) mass is 243 g/mol. The van der Waals surface area contributed by atoms with E-state index in [2.05, 4.69) is 60.7 Å². The molecule has 1 aliphatic carbocycles. The summed E-state index contributed by atoms with van der Waals surface area (Å²) in [7, 11) is 0. The zero-order valence-corrected chi connectivity index (χ0v) is 10.4. The van der Waals surface area contributed by atoms with Crippen molar-refractivity contribution >= 4 is 28.6 Å². The Hall–Kier alpha value is -2.54. The number of hydrogen-bond donors (Lipinski definition) is 1. The second kappa shape index (κ2) is 3.72. The van der Waals surface area contributed by atoms with Gasteiger partial charge in [-0.25, -0.2) is 0 Å². The number of nitrogen functional groups attached to an aromatic ring is 1. The van der Waals surface area contributed by atoms with Crippen LogP contribution in [-0.4, -0.2) is 0 Å². The summed E-state index contributed by atoms with van der Waals surface area (Å²) in [5, 5.41) is 4.95. The predicted octanol–water partition coefficient (Wildman–Crippen LogP) is 2.39. The van der Waals surface area contributed by atoms with Crippen LogP contribution in [-0.2, 0) is 0 Å². The van der Waals surface area contributed by atoms with Crippen LogP contribution in [0.25, 0.3) is 22.9 Å². The van der Waals surface area contributed by atoms with E-state index in [4.69, 9.17) is 5.73 Å². The highest BCUT2D eigenvalue weighted by atomic mass is 14.6. The summed E-state index contributed by atoms with van der Waals surface area (Å²) in [5.74, 6) is 0. The van der Waals surface area contributed by atoms with Crippen LogP contribution in [0.3, 0.4) is 0 Å². The van der Waals surface area contributed by atoms with E-state index in [9.17, 15) is 0 Å². The molecule has 1 nitrogen and oxygen atoms in total. The molecule has 0 unspecified atom stereocenters. The molecule has 4 rings (SSSR count). The first-order valence-corrected chi connectivity index (χ1v) is 6.43. The first-order chi connectivity index (χ1) is 9.33. The Morgan fingerprint density at radius 3 is 2.32 bits per heavy atom. The quantitative estimate of drug-likeness (QED) is 0.471. The molecule has 0 saturated carbocycles. The van der Waals surface area contributed by atoms with E-state index in [1.54, 1.807) is 0 Å². The van der Waals surface area contributed by atoms with Crippen LogP contribution in [0.1, 0.15) is 11.1 Å². The minimum Gasteiger partial charge on any atom is -0.398 e. The van der Waals surface area contributed by atoms with Gasteiger partial charge in [-0.15, -0.1) is 0 Å². The SMILES string of the molecule is Nc1ccc2cccc3c2c1C=c1ccccc1=C3. The van der Waals surface area contributed by atoms with Crippen LogP contribution in [0.4, 0.5) is 5.69 Å². The molecular formula is C18H13N. The average Bonchev–Trinajstić information content (AvgIpc) is 2.61. The van der Waals surface area contributed by atoms with Gasteiger partial charge in [-0.3, -0.25) is 0 Å². The molecule has 3 aromatic carbocycles. The lowest BCUT2D eigenvalue weighted by Crippen LogP contribution is -2.23. The van der Waals surface area contributed by atoms with Gasteiger partial charge in [0.2, 0.25) is 0 Å². The van der Waals surface area contributed by atoms with Gasteiger partial charge in [0.05, 0.1) is 0 Å². The maximum absolute atomic E-state index is 6.18.